The molecule has 2 saturated heterocycles. The maximum Gasteiger partial charge on any atom is 0.256 e. The number of piperidine rings is 1. The van der Waals surface area contributed by atoms with Crippen molar-refractivity contribution in [2.45, 2.75) is 24.6 Å². The average molecular weight is 504 g/mol. The molecule has 8 nitrogen and oxygen atoms in total. The van der Waals surface area contributed by atoms with Crippen LogP contribution in [0, 0.1) is 5.82 Å². The van der Waals surface area contributed by atoms with Gasteiger partial charge >= 0.3 is 0 Å². The number of nitrogens with one attached hydrogen (secondary N) is 1. The Kier molecular flexibility index (Phi) is 7.69. The molecule has 10 heteroatoms. The third kappa shape index (κ3) is 5.17. The summed E-state index contributed by atoms with van der Waals surface area (Å²) in [6.45, 7) is 1.20. The highest BCUT2D eigenvalue weighted by Gasteiger charge is 2.54. The lowest BCUT2D eigenvalue weighted by Gasteiger charge is -2.44. The van der Waals surface area contributed by atoms with Crippen LogP contribution in [-0.2, 0) is 14.3 Å². The SMILES string of the molecule is COCCNC(=O)[C@H]1COC2(CCN(C(=O)c3ccccc3Cl)CC2)N1C(=O)c1cccc(F)c1. The van der Waals surface area contributed by atoms with Crippen molar-refractivity contribution in [2.75, 3.05) is 40.0 Å². The zero-order valence-electron chi connectivity index (χ0n) is 19.3. The van der Waals surface area contributed by atoms with Crippen molar-refractivity contribution < 1.29 is 28.2 Å². The van der Waals surface area contributed by atoms with E-state index in [9.17, 15) is 18.8 Å². The molecule has 1 atom stereocenters. The van der Waals surface area contributed by atoms with Crippen molar-refractivity contribution in [2.24, 2.45) is 0 Å². The molecule has 2 aliphatic heterocycles. The molecule has 186 valence electrons. The van der Waals surface area contributed by atoms with Crippen LogP contribution in [0.2, 0.25) is 5.02 Å². The first-order valence-electron chi connectivity index (χ1n) is 11.4. The molecule has 2 heterocycles. The minimum absolute atomic E-state index is 0.00166. The van der Waals surface area contributed by atoms with Crippen molar-refractivity contribution in [1.82, 2.24) is 15.1 Å². The van der Waals surface area contributed by atoms with E-state index in [1.165, 1.54) is 30.2 Å². The van der Waals surface area contributed by atoms with Gasteiger partial charge in [0.2, 0.25) is 5.91 Å². The molecule has 0 aliphatic carbocycles. The van der Waals surface area contributed by atoms with Crippen molar-refractivity contribution in [3.8, 4) is 0 Å². The average Bonchev–Trinajstić information content (AvgIpc) is 3.22. The summed E-state index contributed by atoms with van der Waals surface area (Å²) in [4.78, 5) is 42.6. The number of nitrogens with zero attached hydrogens (tertiary/aromatic N) is 2. The maximum absolute atomic E-state index is 13.9. The van der Waals surface area contributed by atoms with Crippen LogP contribution in [0.1, 0.15) is 33.6 Å². The number of likely N-dealkylation sites (tertiary alicyclic amines) is 1. The summed E-state index contributed by atoms with van der Waals surface area (Å²) in [6, 6.07) is 11.3. The zero-order chi connectivity index (χ0) is 25.0. The first-order chi connectivity index (χ1) is 16.9. The molecule has 0 unspecified atom stereocenters. The highest BCUT2D eigenvalue weighted by Crippen LogP contribution is 2.39. The topological polar surface area (TPSA) is 88.2 Å². The Morgan fingerprint density at radius 3 is 2.57 bits per heavy atom. The van der Waals surface area contributed by atoms with E-state index in [1.807, 2.05) is 0 Å². The molecule has 1 N–H and O–H groups in total. The number of carbonyl (C=O) groups is 3. The van der Waals surface area contributed by atoms with Crippen LogP contribution in [0.3, 0.4) is 0 Å². The van der Waals surface area contributed by atoms with E-state index in [0.29, 0.717) is 43.1 Å². The molecular weight excluding hydrogens is 477 g/mol. The van der Waals surface area contributed by atoms with E-state index < -0.39 is 23.5 Å². The number of hydrogen-bond acceptors (Lipinski definition) is 5. The second-order valence-corrected chi connectivity index (χ2v) is 8.92. The Morgan fingerprint density at radius 2 is 1.89 bits per heavy atom. The minimum Gasteiger partial charge on any atom is -0.383 e. The standard InChI is InChI=1S/C25H27ClFN3O5/c1-34-14-11-28-22(31)21-16-35-25(30(21)23(32)17-5-4-6-18(27)15-17)9-12-29(13-10-25)24(33)19-7-2-3-8-20(19)26/h2-8,15,21H,9-14,16H2,1H3,(H,28,31)/t21-/m1/s1. The summed E-state index contributed by atoms with van der Waals surface area (Å²) in [5, 5.41) is 3.13. The van der Waals surface area contributed by atoms with Gasteiger partial charge in [-0.05, 0) is 30.3 Å². The molecule has 1 spiro atoms. The van der Waals surface area contributed by atoms with E-state index in [4.69, 9.17) is 21.1 Å². The lowest BCUT2D eigenvalue weighted by molar-refractivity contribution is -0.128. The predicted octanol–water partition coefficient (Wildman–Crippen LogP) is 2.72. The number of ether oxygens (including phenoxy) is 2. The Hall–Kier alpha value is -3.01. The number of halogens is 2. The molecule has 35 heavy (non-hydrogen) atoms. The van der Waals surface area contributed by atoms with Crippen molar-refractivity contribution in [1.29, 1.82) is 0 Å². The van der Waals surface area contributed by atoms with Gasteiger partial charge in [-0.2, -0.15) is 0 Å². The summed E-state index contributed by atoms with van der Waals surface area (Å²) < 4.78 is 25.0. The van der Waals surface area contributed by atoms with Gasteiger partial charge in [0, 0.05) is 45.1 Å². The molecule has 2 aromatic rings. The van der Waals surface area contributed by atoms with E-state index in [2.05, 4.69) is 5.32 Å². The van der Waals surface area contributed by atoms with E-state index in [1.54, 1.807) is 29.2 Å². The number of methoxy groups -OCH3 is 1. The number of carbonyl (C=O) groups excluding carboxylic acids is 3. The lowest BCUT2D eigenvalue weighted by Crippen LogP contribution is -2.60. The summed E-state index contributed by atoms with van der Waals surface area (Å²) in [5.41, 5.74) is -0.566. The first kappa shape index (κ1) is 25.1. The lowest BCUT2D eigenvalue weighted by atomic mass is 9.96. The van der Waals surface area contributed by atoms with Crippen LogP contribution in [0.4, 0.5) is 4.39 Å². The van der Waals surface area contributed by atoms with Crippen LogP contribution in [-0.4, -0.2) is 79.2 Å². The van der Waals surface area contributed by atoms with Gasteiger partial charge in [-0.25, -0.2) is 4.39 Å². The Balaban J connectivity index is 1.57. The third-order valence-corrected chi connectivity index (χ3v) is 6.72. The Morgan fingerprint density at radius 1 is 1.14 bits per heavy atom. The highest BCUT2D eigenvalue weighted by molar-refractivity contribution is 6.33. The zero-order valence-corrected chi connectivity index (χ0v) is 20.1. The van der Waals surface area contributed by atoms with Crippen LogP contribution < -0.4 is 5.32 Å². The van der Waals surface area contributed by atoms with Crippen LogP contribution in [0.25, 0.3) is 0 Å². The van der Waals surface area contributed by atoms with Gasteiger partial charge in [0.15, 0.2) is 0 Å². The van der Waals surface area contributed by atoms with Gasteiger partial charge in [0.1, 0.15) is 17.6 Å². The maximum atomic E-state index is 13.9. The smallest absolute Gasteiger partial charge is 0.256 e. The molecular formula is C25H27ClFN3O5. The third-order valence-electron chi connectivity index (χ3n) is 6.40. The van der Waals surface area contributed by atoms with Crippen molar-refractivity contribution in [3.05, 3.63) is 70.5 Å². The van der Waals surface area contributed by atoms with E-state index >= 15 is 0 Å². The van der Waals surface area contributed by atoms with Gasteiger partial charge in [-0.3, -0.25) is 19.3 Å². The molecule has 4 rings (SSSR count). The largest absolute Gasteiger partial charge is 0.383 e. The molecule has 2 fully saturated rings. The molecule has 2 aliphatic rings. The Labute approximate surface area is 207 Å². The molecule has 0 radical (unpaired) electrons. The van der Waals surface area contributed by atoms with E-state index in [0.717, 1.165) is 6.07 Å². The van der Waals surface area contributed by atoms with E-state index in [-0.39, 0.29) is 30.5 Å². The highest BCUT2D eigenvalue weighted by atomic mass is 35.5. The van der Waals surface area contributed by atoms with Crippen molar-refractivity contribution >= 4 is 29.3 Å². The van der Waals surface area contributed by atoms with Gasteiger partial charge in [0.05, 0.1) is 23.8 Å². The number of benzene rings is 2. The number of hydrogen-bond donors (Lipinski definition) is 1. The first-order valence-corrected chi connectivity index (χ1v) is 11.8. The van der Waals surface area contributed by atoms with Gasteiger partial charge < -0.3 is 19.7 Å². The number of rotatable bonds is 6. The normalized spacial score (nSPS) is 19.1. The Bertz CT molecular complexity index is 1110. The summed E-state index contributed by atoms with van der Waals surface area (Å²) >= 11 is 6.20. The van der Waals surface area contributed by atoms with Crippen LogP contribution in [0.5, 0.6) is 0 Å². The van der Waals surface area contributed by atoms with Gasteiger partial charge in [-0.15, -0.1) is 0 Å². The molecule has 0 saturated carbocycles. The summed E-state index contributed by atoms with van der Waals surface area (Å²) in [5.74, 6) is -1.63. The van der Waals surface area contributed by atoms with Crippen molar-refractivity contribution in [3.63, 3.8) is 0 Å². The van der Waals surface area contributed by atoms with Gasteiger partial charge in [0.25, 0.3) is 11.8 Å². The fourth-order valence-electron chi connectivity index (χ4n) is 4.59. The van der Waals surface area contributed by atoms with Crippen LogP contribution in [0.15, 0.2) is 48.5 Å². The fourth-order valence-corrected chi connectivity index (χ4v) is 4.80. The predicted molar refractivity (Wildman–Crippen MR) is 127 cm³/mol. The summed E-state index contributed by atoms with van der Waals surface area (Å²) in [6.07, 6.45) is 0.595. The fraction of sp³-hybridized carbons (Fsp3) is 0.400. The van der Waals surface area contributed by atoms with Gasteiger partial charge in [-0.1, -0.05) is 29.8 Å². The van der Waals surface area contributed by atoms with Crippen LogP contribution >= 0.6 is 11.6 Å². The molecule has 2 aromatic carbocycles. The molecule has 0 aromatic heterocycles. The summed E-state index contributed by atoms with van der Waals surface area (Å²) in [7, 11) is 1.53. The number of amides is 3. The molecule has 0 bridgehead atoms. The quantitative estimate of drug-likeness (QED) is 0.612. The second kappa shape index (κ2) is 10.7. The minimum atomic E-state index is -1.09. The molecule has 3 amide bonds. The monoisotopic (exact) mass is 503 g/mol. The second-order valence-electron chi connectivity index (χ2n) is 8.51.